The van der Waals surface area contributed by atoms with Gasteiger partial charge in [0.1, 0.15) is 6.04 Å². The van der Waals surface area contributed by atoms with Crippen molar-refractivity contribution >= 4 is 23.6 Å². The lowest BCUT2D eigenvalue weighted by atomic mass is 10.1. The molecule has 0 saturated carbocycles. The number of thioether (sulfide) groups is 1. The number of nitrogens with zero attached hydrogens (tertiary/aromatic N) is 2. The summed E-state index contributed by atoms with van der Waals surface area (Å²) in [5.41, 5.74) is 0. The second-order valence-corrected chi connectivity index (χ2v) is 4.86. The van der Waals surface area contributed by atoms with Crippen molar-refractivity contribution in [2.75, 3.05) is 5.75 Å². The molecular weight excluding hydrogens is 266 g/mol. The molecule has 0 aliphatic carbocycles. The van der Waals surface area contributed by atoms with Gasteiger partial charge in [-0.15, -0.1) is 0 Å². The van der Waals surface area contributed by atoms with Gasteiger partial charge in [0.25, 0.3) is 0 Å². The fourth-order valence-corrected chi connectivity index (χ4v) is 2.01. The Morgan fingerprint density at radius 2 is 2.11 bits per heavy atom. The highest BCUT2D eigenvalue weighted by Gasteiger charge is 2.19. The highest BCUT2D eigenvalue weighted by molar-refractivity contribution is 7.99. The van der Waals surface area contributed by atoms with Crippen LogP contribution in [-0.4, -0.2) is 38.7 Å². The van der Waals surface area contributed by atoms with Crippen LogP contribution in [0.3, 0.4) is 0 Å². The number of aliphatic carboxylic acids is 1. The van der Waals surface area contributed by atoms with Crippen molar-refractivity contribution in [1.82, 2.24) is 15.3 Å². The van der Waals surface area contributed by atoms with Crippen LogP contribution in [0.2, 0.25) is 0 Å². The molecule has 1 aromatic rings. The Balaban J connectivity index is 2.38. The summed E-state index contributed by atoms with van der Waals surface area (Å²) in [5, 5.41) is 12.0. The maximum atomic E-state index is 11.6. The number of nitrogens with one attached hydrogen (secondary N) is 1. The van der Waals surface area contributed by atoms with Crippen molar-refractivity contribution < 1.29 is 14.7 Å². The molecule has 0 aromatic carbocycles. The first-order valence-electron chi connectivity index (χ1n) is 6.05. The first-order chi connectivity index (χ1) is 9.13. The Labute approximate surface area is 116 Å². The number of carboxylic acids is 1. The lowest BCUT2D eigenvalue weighted by Gasteiger charge is -2.13. The third-order valence-corrected chi connectivity index (χ3v) is 3.23. The molecule has 1 heterocycles. The molecule has 0 radical (unpaired) electrons. The Hall–Kier alpha value is -1.63. The molecule has 0 aliphatic rings. The van der Waals surface area contributed by atoms with Gasteiger partial charge in [0, 0.05) is 12.4 Å². The van der Waals surface area contributed by atoms with Gasteiger partial charge in [-0.3, -0.25) is 4.79 Å². The van der Waals surface area contributed by atoms with E-state index in [9.17, 15) is 9.59 Å². The summed E-state index contributed by atoms with van der Waals surface area (Å²) in [7, 11) is 0. The van der Waals surface area contributed by atoms with Gasteiger partial charge in [-0.2, -0.15) is 0 Å². The molecular formula is C12H17N3O3S. The first-order valence-corrected chi connectivity index (χ1v) is 7.04. The minimum absolute atomic E-state index is 0.111. The fourth-order valence-electron chi connectivity index (χ4n) is 1.39. The number of hydrogen-bond donors (Lipinski definition) is 2. The lowest BCUT2D eigenvalue weighted by Crippen LogP contribution is -2.41. The van der Waals surface area contributed by atoms with E-state index in [0.29, 0.717) is 11.6 Å². The zero-order chi connectivity index (χ0) is 14.1. The number of hydrogen-bond acceptors (Lipinski definition) is 5. The number of carbonyl (C=O) groups is 2. The smallest absolute Gasteiger partial charge is 0.326 e. The number of rotatable bonds is 8. The van der Waals surface area contributed by atoms with Crippen LogP contribution >= 0.6 is 11.8 Å². The number of carboxylic acid groups (broad SMARTS) is 1. The molecule has 104 valence electrons. The van der Waals surface area contributed by atoms with Crippen LogP contribution in [0.1, 0.15) is 26.2 Å². The largest absolute Gasteiger partial charge is 0.480 e. The SMILES string of the molecule is CCCCC(NC(=O)CSc1ncccn1)C(=O)O. The number of carbonyl (C=O) groups excluding carboxylic acids is 1. The third kappa shape index (κ3) is 6.19. The van der Waals surface area contributed by atoms with Crippen LogP contribution in [0.15, 0.2) is 23.6 Å². The summed E-state index contributed by atoms with van der Waals surface area (Å²) >= 11 is 1.18. The molecule has 2 N–H and O–H groups in total. The molecule has 0 aliphatic heterocycles. The average Bonchev–Trinajstić information content (AvgIpc) is 2.42. The van der Waals surface area contributed by atoms with Crippen LogP contribution < -0.4 is 5.32 Å². The van der Waals surface area contributed by atoms with Crippen molar-refractivity contribution in [3.05, 3.63) is 18.5 Å². The molecule has 1 unspecified atom stereocenters. The van der Waals surface area contributed by atoms with Gasteiger partial charge < -0.3 is 10.4 Å². The summed E-state index contributed by atoms with van der Waals surface area (Å²) in [5.74, 6) is -1.20. The van der Waals surface area contributed by atoms with Crippen LogP contribution in [-0.2, 0) is 9.59 Å². The van der Waals surface area contributed by atoms with E-state index in [1.54, 1.807) is 18.5 Å². The van der Waals surface area contributed by atoms with Gasteiger partial charge in [-0.1, -0.05) is 31.5 Å². The van der Waals surface area contributed by atoms with Crippen molar-refractivity contribution in [3.8, 4) is 0 Å². The number of amides is 1. The Morgan fingerprint density at radius 3 is 2.68 bits per heavy atom. The predicted molar refractivity (Wildman–Crippen MR) is 71.8 cm³/mol. The molecule has 0 bridgehead atoms. The molecule has 0 spiro atoms. The number of aromatic nitrogens is 2. The standard InChI is InChI=1S/C12H17N3O3S/c1-2-3-5-9(11(17)18)15-10(16)8-19-12-13-6-4-7-14-12/h4,6-7,9H,2-3,5,8H2,1H3,(H,15,16)(H,17,18). The van der Waals surface area contributed by atoms with Gasteiger partial charge in [-0.05, 0) is 12.5 Å². The van der Waals surface area contributed by atoms with E-state index in [4.69, 9.17) is 5.11 Å². The van der Waals surface area contributed by atoms with E-state index < -0.39 is 12.0 Å². The summed E-state index contributed by atoms with van der Waals surface area (Å²) in [4.78, 5) is 30.6. The van der Waals surface area contributed by atoms with Crippen molar-refractivity contribution in [2.45, 2.75) is 37.4 Å². The van der Waals surface area contributed by atoms with Crippen molar-refractivity contribution in [1.29, 1.82) is 0 Å². The molecule has 0 saturated heterocycles. The van der Waals surface area contributed by atoms with E-state index in [1.807, 2.05) is 6.92 Å². The van der Waals surface area contributed by atoms with Gasteiger partial charge in [0.15, 0.2) is 5.16 Å². The normalized spacial score (nSPS) is 11.8. The van der Waals surface area contributed by atoms with Crippen LogP contribution in [0.5, 0.6) is 0 Å². The minimum Gasteiger partial charge on any atom is -0.480 e. The third-order valence-electron chi connectivity index (χ3n) is 2.35. The van der Waals surface area contributed by atoms with Gasteiger partial charge in [0.2, 0.25) is 5.91 Å². The van der Waals surface area contributed by atoms with Crippen molar-refractivity contribution in [2.24, 2.45) is 0 Å². The maximum absolute atomic E-state index is 11.6. The van der Waals surface area contributed by atoms with E-state index >= 15 is 0 Å². The summed E-state index contributed by atoms with van der Waals surface area (Å²) in [6.07, 6.45) is 5.30. The summed E-state index contributed by atoms with van der Waals surface area (Å²) in [6, 6.07) is 0.875. The zero-order valence-electron chi connectivity index (χ0n) is 10.7. The van der Waals surface area contributed by atoms with Gasteiger partial charge in [0.05, 0.1) is 5.75 Å². The van der Waals surface area contributed by atoms with Gasteiger partial charge in [-0.25, -0.2) is 14.8 Å². The van der Waals surface area contributed by atoms with Crippen LogP contribution in [0, 0.1) is 0 Å². The average molecular weight is 283 g/mol. The van der Waals surface area contributed by atoms with E-state index in [2.05, 4.69) is 15.3 Å². The molecule has 1 rings (SSSR count). The topological polar surface area (TPSA) is 92.2 Å². The lowest BCUT2D eigenvalue weighted by molar-refractivity contribution is -0.141. The summed E-state index contributed by atoms with van der Waals surface area (Å²) in [6.45, 7) is 1.98. The molecule has 1 amide bonds. The first kappa shape index (κ1) is 15.4. The summed E-state index contributed by atoms with van der Waals surface area (Å²) < 4.78 is 0. The Kier molecular flexibility index (Phi) is 6.88. The maximum Gasteiger partial charge on any atom is 0.326 e. The highest BCUT2D eigenvalue weighted by atomic mass is 32.2. The molecule has 6 nitrogen and oxygen atoms in total. The molecule has 19 heavy (non-hydrogen) atoms. The van der Waals surface area contributed by atoms with Crippen LogP contribution in [0.25, 0.3) is 0 Å². The minimum atomic E-state index is -0.997. The van der Waals surface area contributed by atoms with Gasteiger partial charge >= 0.3 is 5.97 Å². The molecule has 0 fully saturated rings. The quantitative estimate of drug-likeness (QED) is 0.552. The monoisotopic (exact) mass is 283 g/mol. The number of unbranched alkanes of at least 4 members (excludes halogenated alkanes) is 1. The Morgan fingerprint density at radius 1 is 1.42 bits per heavy atom. The van der Waals surface area contributed by atoms with E-state index in [1.165, 1.54) is 11.8 Å². The second kappa shape index (κ2) is 8.47. The van der Waals surface area contributed by atoms with E-state index in [-0.39, 0.29) is 11.7 Å². The zero-order valence-corrected chi connectivity index (χ0v) is 11.5. The van der Waals surface area contributed by atoms with E-state index in [0.717, 1.165) is 12.8 Å². The highest BCUT2D eigenvalue weighted by Crippen LogP contribution is 2.10. The molecule has 1 aromatic heterocycles. The second-order valence-electron chi connectivity index (χ2n) is 3.92. The Bertz CT molecular complexity index is 414. The molecule has 7 heteroatoms. The van der Waals surface area contributed by atoms with Crippen LogP contribution in [0.4, 0.5) is 0 Å². The fraction of sp³-hybridized carbons (Fsp3) is 0.500. The molecule has 1 atom stereocenters. The van der Waals surface area contributed by atoms with Crippen molar-refractivity contribution in [3.63, 3.8) is 0 Å². The predicted octanol–water partition coefficient (Wildman–Crippen LogP) is 1.33.